The van der Waals surface area contributed by atoms with Crippen LogP contribution in [0, 0.1) is 5.92 Å². The lowest BCUT2D eigenvalue weighted by atomic mass is 9.82. The minimum absolute atomic E-state index is 0.0246. The van der Waals surface area contributed by atoms with Gasteiger partial charge in [-0.1, -0.05) is 61.4 Å². The molecule has 2 aliphatic rings. The highest BCUT2D eigenvalue weighted by molar-refractivity contribution is 5.79. The van der Waals surface area contributed by atoms with Gasteiger partial charge in [-0.2, -0.15) is 0 Å². The highest BCUT2D eigenvalue weighted by Gasteiger charge is 2.30. The topological polar surface area (TPSA) is 125 Å². The third-order valence-electron chi connectivity index (χ3n) is 6.94. The molecular weight excluding hydrogens is 448 g/mol. The number of carbonyl (C=O) groups excluding carboxylic acids is 2. The lowest BCUT2D eigenvalue weighted by Gasteiger charge is -2.31. The number of aliphatic carboxylic acids is 1. The Morgan fingerprint density at radius 3 is 2.26 bits per heavy atom. The number of aliphatic hydroxyl groups is 1. The number of alkyl carbamates (subject to hydrolysis) is 1. The molecule has 0 radical (unpaired) electrons. The summed E-state index contributed by atoms with van der Waals surface area (Å²) in [6.07, 6.45) is 1.51. The molecule has 8 heteroatoms. The Labute approximate surface area is 204 Å². The first-order chi connectivity index (χ1) is 16.9. The highest BCUT2D eigenvalue weighted by atomic mass is 16.5. The van der Waals surface area contributed by atoms with E-state index in [4.69, 9.17) is 9.84 Å². The van der Waals surface area contributed by atoms with E-state index in [-0.39, 0.29) is 49.8 Å². The third-order valence-corrected chi connectivity index (χ3v) is 6.94. The zero-order valence-corrected chi connectivity index (χ0v) is 19.6. The van der Waals surface area contributed by atoms with Crippen molar-refractivity contribution in [2.24, 2.45) is 5.92 Å². The summed E-state index contributed by atoms with van der Waals surface area (Å²) in [5.74, 6) is -1.38. The molecule has 2 aliphatic carbocycles. The van der Waals surface area contributed by atoms with E-state index < -0.39 is 18.2 Å². The van der Waals surface area contributed by atoms with Crippen molar-refractivity contribution in [1.82, 2.24) is 10.6 Å². The van der Waals surface area contributed by atoms with Crippen molar-refractivity contribution in [2.75, 3.05) is 13.2 Å². The SMILES string of the molecule is O=C(O)C[C@H]1CCCC[C@H]1NC(=O)CC(O)CNC(=O)OCC1c2ccccc2-c2ccccc21. The van der Waals surface area contributed by atoms with Crippen LogP contribution in [-0.4, -0.2) is 53.5 Å². The fourth-order valence-corrected chi connectivity index (χ4v) is 5.27. The van der Waals surface area contributed by atoms with Crippen molar-refractivity contribution in [2.45, 2.75) is 56.6 Å². The number of aliphatic hydroxyl groups excluding tert-OH is 1. The molecule has 0 saturated heterocycles. The monoisotopic (exact) mass is 480 g/mol. The molecule has 186 valence electrons. The van der Waals surface area contributed by atoms with Gasteiger partial charge in [0.1, 0.15) is 6.61 Å². The van der Waals surface area contributed by atoms with Gasteiger partial charge in [0.15, 0.2) is 0 Å². The number of ether oxygens (including phenoxy) is 1. The van der Waals surface area contributed by atoms with Crippen molar-refractivity contribution in [3.05, 3.63) is 59.7 Å². The second kappa shape index (κ2) is 11.4. The zero-order chi connectivity index (χ0) is 24.8. The fourth-order valence-electron chi connectivity index (χ4n) is 5.27. The molecule has 2 amide bonds. The van der Waals surface area contributed by atoms with Crippen LogP contribution in [0.4, 0.5) is 4.79 Å². The maximum atomic E-state index is 12.4. The Kier molecular flexibility index (Phi) is 8.02. The summed E-state index contributed by atoms with van der Waals surface area (Å²) in [5, 5.41) is 24.7. The maximum Gasteiger partial charge on any atom is 0.407 e. The second-order valence-corrected chi connectivity index (χ2v) is 9.38. The molecule has 0 aromatic heterocycles. The number of fused-ring (bicyclic) bond motifs is 3. The summed E-state index contributed by atoms with van der Waals surface area (Å²) in [4.78, 5) is 35.7. The molecule has 0 bridgehead atoms. The Hall–Kier alpha value is -3.39. The van der Waals surface area contributed by atoms with Crippen molar-refractivity contribution in [3.8, 4) is 11.1 Å². The minimum atomic E-state index is -1.07. The van der Waals surface area contributed by atoms with Crippen molar-refractivity contribution < 1.29 is 29.3 Å². The van der Waals surface area contributed by atoms with Gasteiger partial charge >= 0.3 is 12.1 Å². The van der Waals surface area contributed by atoms with Gasteiger partial charge in [-0.05, 0) is 41.0 Å². The lowest BCUT2D eigenvalue weighted by Crippen LogP contribution is -2.44. The molecule has 4 N–H and O–H groups in total. The van der Waals surface area contributed by atoms with Gasteiger partial charge in [-0.25, -0.2) is 4.79 Å². The van der Waals surface area contributed by atoms with Gasteiger partial charge in [0.25, 0.3) is 0 Å². The van der Waals surface area contributed by atoms with Crippen LogP contribution in [0.1, 0.15) is 55.6 Å². The van der Waals surface area contributed by atoms with Crippen molar-refractivity contribution in [3.63, 3.8) is 0 Å². The Morgan fingerprint density at radius 2 is 1.60 bits per heavy atom. The molecule has 2 aromatic carbocycles. The standard InChI is InChI=1S/C27H32N2O6/c30-18(14-25(31)29-24-12-6-1-7-17(24)13-26(32)33)15-28-27(34)35-16-23-21-10-4-2-8-19(21)20-9-3-5-11-22(20)23/h2-5,8-11,17-18,23-24,30H,1,6-7,12-16H2,(H,28,34)(H,29,31)(H,32,33)/t17-,18?,24-/m1/s1. The molecule has 8 nitrogen and oxygen atoms in total. The molecule has 0 aliphatic heterocycles. The number of carboxylic acids is 1. The number of carbonyl (C=O) groups is 3. The molecule has 1 unspecified atom stereocenters. The first-order valence-corrected chi connectivity index (χ1v) is 12.2. The summed E-state index contributed by atoms with van der Waals surface area (Å²) in [7, 11) is 0. The zero-order valence-electron chi connectivity index (χ0n) is 19.6. The van der Waals surface area contributed by atoms with Gasteiger partial charge in [-0.15, -0.1) is 0 Å². The Bertz CT molecular complexity index is 1030. The summed E-state index contributed by atoms with van der Waals surface area (Å²) in [5.41, 5.74) is 4.51. The van der Waals surface area contributed by atoms with Gasteiger partial charge in [0, 0.05) is 18.5 Å². The largest absolute Gasteiger partial charge is 0.481 e. The predicted octanol–water partition coefficient (Wildman–Crippen LogP) is 3.43. The minimum Gasteiger partial charge on any atom is -0.481 e. The summed E-state index contributed by atoms with van der Waals surface area (Å²) < 4.78 is 5.45. The van der Waals surface area contributed by atoms with Crippen molar-refractivity contribution >= 4 is 18.0 Å². The van der Waals surface area contributed by atoms with Crippen LogP contribution in [-0.2, 0) is 14.3 Å². The first-order valence-electron chi connectivity index (χ1n) is 12.2. The molecule has 1 saturated carbocycles. The smallest absolute Gasteiger partial charge is 0.407 e. The van der Waals surface area contributed by atoms with E-state index >= 15 is 0 Å². The number of carboxylic acid groups (broad SMARTS) is 1. The van der Waals surface area contributed by atoms with E-state index in [0.717, 1.165) is 47.9 Å². The molecule has 3 atom stereocenters. The number of amides is 2. The molecule has 1 fully saturated rings. The highest BCUT2D eigenvalue weighted by Crippen LogP contribution is 2.44. The summed E-state index contributed by atoms with van der Waals surface area (Å²) in [6.45, 7) is 0.0520. The fraction of sp³-hybridized carbons (Fsp3) is 0.444. The van der Waals surface area contributed by atoms with Gasteiger partial charge in [-0.3, -0.25) is 9.59 Å². The molecule has 0 heterocycles. The summed E-state index contributed by atoms with van der Waals surface area (Å²) in [6, 6.07) is 15.9. The van der Waals surface area contributed by atoms with Crippen LogP contribution in [0.3, 0.4) is 0 Å². The van der Waals surface area contributed by atoms with E-state index in [9.17, 15) is 19.5 Å². The van der Waals surface area contributed by atoms with E-state index in [1.54, 1.807) is 0 Å². The normalized spacial score (nSPS) is 19.8. The third kappa shape index (κ3) is 6.19. The number of benzene rings is 2. The molecule has 0 spiro atoms. The first kappa shape index (κ1) is 24.7. The van der Waals surface area contributed by atoms with E-state index in [1.807, 2.05) is 36.4 Å². The average molecular weight is 481 g/mol. The van der Waals surface area contributed by atoms with E-state index in [1.165, 1.54) is 0 Å². The van der Waals surface area contributed by atoms with E-state index in [0.29, 0.717) is 0 Å². The van der Waals surface area contributed by atoms with Gasteiger partial charge < -0.3 is 25.6 Å². The number of hydrogen-bond acceptors (Lipinski definition) is 5. The molecular formula is C27H32N2O6. The number of hydrogen-bond donors (Lipinski definition) is 4. The second-order valence-electron chi connectivity index (χ2n) is 9.38. The molecule has 2 aromatic rings. The van der Waals surface area contributed by atoms with Crippen LogP contribution in [0.5, 0.6) is 0 Å². The number of nitrogens with one attached hydrogen (secondary N) is 2. The van der Waals surface area contributed by atoms with Crippen LogP contribution in [0.2, 0.25) is 0 Å². The quantitative estimate of drug-likeness (QED) is 0.436. The van der Waals surface area contributed by atoms with Crippen LogP contribution >= 0.6 is 0 Å². The molecule has 35 heavy (non-hydrogen) atoms. The van der Waals surface area contributed by atoms with Crippen LogP contribution < -0.4 is 10.6 Å². The number of rotatable bonds is 9. The van der Waals surface area contributed by atoms with Gasteiger partial charge in [0.2, 0.25) is 5.91 Å². The average Bonchev–Trinajstić information content (AvgIpc) is 3.16. The van der Waals surface area contributed by atoms with E-state index in [2.05, 4.69) is 22.8 Å². The van der Waals surface area contributed by atoms with Crippen LogP contribution in [0.15, 0.2) is 48.5 Å². The van der Waals surface area contributed by atoms with Crippen LogP contribution in [0.25, 0.3) is 11.1 Å². The summed E-state index contributed by atoms with van der Waals surface area (Å²) >= 11 is 0. The Morgan fingerprint density at radius 1 is 0.971 bits per heavy atom. The predicted molar refractivity (Wildman–Crippen MR) is 130 cm³/mol. The molecule has 4 rings (SSSR count). The lowest BCUT2D eigenvalue weighted by molar-refractivity contribution is -0.139. The maximum absolute atomic E-state index is 12.4. The Balaban J connectivity index is 1.22. The van der Waals surface area contributed by atoms with Crippen molar-refractivity contribution in [1.29, 1.82) is 0 Å². The van der Waals surface area contributed by atoms with Gasteiger partial charge in [0.05, 0.1) is 18.9 Å².